The molecule has 188 valence electrons. The summed E-state index contributed by atoms with van der Waals surface area (Å²) in [5.74, 6) is 1.57. The molecule has 8 nitrogen and oxygen atoms in total. The number of amides is 3. The van der Waals surface area contributed by atoms with Gasteiger partial charge in [0.15, 0.2) is 0 Å². The summed E-state index contributed by atoms with van der Waals surface area (Å²) in [4.78, 5) is 37.1. The number of carbonyl (C=O) groups is 3. The molecule has 0 aromatic carbocycles. The van der Waals surface area contributed by atoms with Gasteiger partial charge in [0.05, 0.1) is 19.3 Å². The van der Waals surface area contributed by atoms with Crippen LogP contribution in [0.4, 0.5) is 4.79 Å². The molecule has 0 unspecified atom stereocenters. The Morgan fingerprint density at radius 1 is 1.12 bits per heavy atom. The molecule has 33 heavy (non-hydrogen) atoms. The first-order valence-electron chi connectivity index (χ1n) is 13.0. The molecule has 0 bridgehead atoms. The van der Waals surface area contributed by atoms with Gasteiger partial charge in [-0.1, -0.05) is 46.0 Å². The van der Waals surface area contributed by atoms with Gasteiger partial charge in [-0.15, -0.1) is 0 Å². The summed E-state index contributed by atoms with van der Waals surface area (Å²) in [6.45, 7) is 4.76. The maximum Gasteiger partial charge on any atom is 0.407 e. The van der Waals surface area contributed by atoms with Crippen LogP contribution in [0.2, 0.25) is 0 Å². The second kappa shape index (κ2) is 12.6. The van der Waals surface area contributed by atoms with Crippen LogP contribution < -0.4 is 16.0 Å². The number of aliphatic hydroxyl groups excluding tert-OH is 1. The van der Waals surface area contributed by atoms with E-state index in [-0.39, 0.29) is 30.3 Å². The van der Waals surface area contributed by atoms with Crippen LogP contribution in [0.1, 0.15) is 78.1 Å². The van der Waals surface area contributed by atoms with Crippen molar-refractivity contribution in [3.8, 4) is 0 Å². The second-order valence-corrected chi connectivity index (χ2v) is 10.8. The highest BCUT2D eigenvalue weighted by molar-refractivity contribution is 5.86. The van der Waals surface area contributed by atoms with Crippen molar-refractivity contribution in [2.75, 3.05) is 19.8 Å². The fourth-order valence-electron chi connectivity index (χ4n) is 5.42. The van der Waals surface area contributed by atoms with Crippen LogP contribution in [0.5, 0.6) is 0 Å². The van der Waals surface area contributed by atoms with E-state index in [4.69, 9.17) is 4.74 Å². The van der Waals surface area contributed by atoms with Crippen LogP contribution in [0, 0.1) is 29.6 Å². The van der Waals surface area contributed by atoms with Gasteiger partial charge in [0.25, 0.3) is 0 Å². The molecule has 3 aliphatic rings. The number of rotatable bonds is 12. The fourth-order valence-corrected chi connectivity index (χ4v) is 5.42. The normalized spacial score (nSPS) is 27.0. The molecule has 3 rings (SSSR count). The summed E-state index contributed by atoms with van der Waals surface area (Å²) < 4.78 is 5.47. The van der Waals surface area contributed by atoms with Crippen LogP contribution in [0.15, 0.2) is 0 Å². The number of hydrogen-bond donors (Lipinski definition) is 4. The van der Waals surface area contributed by atoms with Gasteiger partial charge in [0, 0.05) is 12.5 Å². The Balaban J connectivity index is 1.41. The maximum atomic E-state index is 12.9. The maximum absolute atomic E-state index is 12.9. The van der Waals surface area contributed by atoms with Gasteiger partial charge in [-0.05, 0) is 55.8 Å². The first-order valence-corrected chi connectivity index (χ1v) is 13.0. The number of hydrogen-bond acceptors (Lipinski definition) is 5. The molecular weight excluding hydrogens is 422 g/mol. The summed E-state index contributed by atoms with van der Waals surface area (Å²) in [5.41, 5.74) is 0. The van der Waals surface area contributed by atoms with Gasteiger partial charge in [0.1, 0.15) is 6.04 Å². The highest BCUT2D eigenvalue weighted by atomic mass is 16.5. The molecule has 2 saturated carbocycles. The van der Waals surface area contributed by atoms with E-state index in [9.17, 15) is 19.5 Å². The molecule has 1 saturated heterocycles. The zero-order valence-electron chi connectivity index (χ0n) is 20.3. The quantitative estimate of drug-likeness (QED) is 0.354. The van der Waals surface area contributed by atoms with Gasteiger partial charge in [0.2, 0.25) is 11.8 Å². The van der Waals surface area contributed by atoms with E-state index in [0.29, 0.717) is 44.2 Å². The summed E-state index contributed by atoms with van der Waals surface area (Å²) in [5, 5.41) is 18.0. The average Bonchev–Trinajstić information content (AvgIpc) is 3.40. The summed E-state index contributed by atoms with van der Waals surface area (Å²) in [6.07, 6.45) is 10.2. The molecule has 0 aromatic heterocycles. The highest BCUT2D eigenvalue weighted by Gasteiger charge is 2.39. The minimum absolute atomic E-state index is 0.0370. The third-order valence-electron chi connectivity index (χ3n) is 7.47. The van der Waals surface area contributed by atoms with Gasteiger partial charge < -0.3 is 25.8 Å². The van der Waals surface area contributed by atoms with E-state index in [1.54, 1.807) is 0 Å². The van der Waals surface area contributed by atoms with Crippen molar-refractivity contribution in [3.05, 3.63) is 0 Å². The molecule has 1 heterocycles. The Morgan fingerprint density at radius 2 is 1.88 bits per heavy atom. The monoisotopic (exact) mass is 465 g/mol. The predicted molar refractivity (Wildman–Crippen MR) is 125 cm³/mol. The Kier molecular flexibility index (Phi) is 9.83. The Morgan fingerprint density at radius 3 is 2.52 bits per heavy atom. The minimum atomic E-state index is -0.735. The van der Waals surface area contributed by atoms with Crippen molar-refractivity contribution in [1.29, 1.82) is 0 Å². The lowest BCUT2D eigenvalue weighted by atomic mass is 9.85. The first-order chi connectivity index (χ1) is 15.9. The standard InChI is InChI=1S/C25H43N3O5/c1-16(2)10-22(24(31)27-21(14-29)13-18-8-9-26-23(18)30)28-25(32)33-15-20-12-19(20)11-17-6-4-3-5-7-17/h16-22,29H,3-15H2,1-2H3,(H,26,30)(H,27,31)(H,28,32)/t18-,19+,20-,21-,22-/m0/s1. The lowest BCUT2D eigenvalue weighted by Gasteiger charge is -2.24. The predicted octanol–water partition coefficient (Wildman–Crippen LogP) is 2.74. The van der Waals surface area contributed by atoms with Gasteiger partial charge >= 0.3 is 6.09 Å². The molecule has 3 amide bonds. The van der Waals surface area contributed by atoms with E-state index in [1.165, 1.54) is 38.5 Å². The van der Waals surface area contributed by atoms with Crippen LogP contribution in [0.25, 0.3) is 0 Å². The Hall–Kier alpha value is -1.83. The number of aliphatic hydroxyl groups is 1. The number of nitrogens with one attached hydrogen (secondary N) is 3. The van der Waals surface area contributed by atoms with Gasteiger partial charge in [-0.3, -0.25) is 9.59 Å². The molecule has 4 N–H and O–H groups in total. The number of carbonyl (C=O) groups excluding carboxylic acids is 3. The molecule has 0 spiro atoms. The summed E-state index contributed by atoms with van der Waals surface area (Å²) in [6, 6.07) is -1.26. The molecule has 1 aliphatic heterocycles. The van der Waals surface area contributed by atoms with Crippen molar-refractivity contribution >= 4 is 17.9 Å². The average molecular weight is 466 g/mol. The SMILES string of the molecule is CC(C)C[C@H](NC(=O)OC[C@@H]1C[C@H]1CC1CCCCC1)C(=O)N[C@H](CO)C[C@@H]1CCNC1=O. The number of alkyl carbamates (subject to hydrolysis) is 1. The van der Waals surface area contributed by atoms with Crippen LogP contribution in [-0.4, -0.2) is 54.9 Å². The molecule has 0 aromatic rings. The zero-order chi connectivity index (χ0) is 23.8. The molecule has 8 heteroatoms. The van der Waals surface area contributed by atoms with Crippen molar-refractivity contribution in [2.24, 2.45) is 29.6 Å². The minimum Gasteiger partial charge on any atom is -0.449 e. The van der Waals surface area contributed by atoms with Crippen LogP contribution in [0.3, 0.4) is 0 Å². The Bertz CT molecular complexity index is 664. The van der Waals surface area contributed by atoms with Gasteiger partial charge in [-0.2, -0.15) is 0 Å². The zero-order valence-corrected chi connectivity index (χ0v) is 20.3. The largest absolute Gasteiger partial charge is 0.449 e. The van der Waals surface area contributed by atoms with Crippen LogP contribution in [-0.2, 0) is 14.3 Å². The van der Waals surface area contributed by atoms with Crippen LogP contribution >= 0.6 is 0 Å². The fraction of sp³-hybridized carbons (Fsp3) is 0.880. The summed E-state index contributed by atoms with van der Waals surface area (Å²) in [7, 11) is 0. The second-order valence-electron chi connectivity index (χ2n) is 10.8. The van der Waals surface area contributed by atoms with Gasteiger partial charge in [-0.25, -0.2) is 4.79 Å². The smallest absolute Gasteiger partial charge is 0.407 e. The molecule has 5 atom stereocenters. The van der Waals surface area contributed by atoms with E-state index in [1.807, 2.05) is 13.8 Å². The lowest BCUT2D eigenvalue weighted by molar-refractivity contribution is -0.126. The molecular formula is C25H43N3O5. The molecule has 0 radical (unpaired) electrons. The van der Waals surface area contributed by atoms with Crippen molar-refractivity contribution in [1.82, 2.24) is 16.0 Å². The summed E-state index contributed by atoms with van der Waals surface area (Å²) >= 11 is 0. The highest BCUT2D eigenvalue weighted by Crippen LogP contribution is 2.45. The molecule has 2 aliphatic carbocycles. The van der Waals surface area contributed by atoms with E-state index >= 15 is 0 Å². The topological polar surface area (TPSA) is 117 Å². The third kappa shape index (κ3) is 8.47. The van der Waals surface area contributed by atoms with E-state index < -0.39 is 18.2 Å². The van der Waals surface area contributed by atoms with Crippen molar-refractivity contribution < 1.29 is 24.2 Å². The van der Waals surface area contributed by atoms with Crippen molar-refractivity contribution in [2.45, 2.75) is 90.1 Å². The molecule has 3 fully saturated rings. The van der Waals surface area contributed by atoms with E-state index in [2.05, 4.69) is 16.0 Å². The number of ether oxygens (including phenoxy) is 1. The van der Waals surface area contributed by atoms with E-state index in [0.717, 1.165) is 12.3 Å². The first kappa shape index (κ1) is 25.8. The Labute approximate surface area is 198 Å². The lowest BCUT2D eigenvalue weighted by Crippen LogP contribution is -2.51. The third-order valence-corrected chi connectivity index (χ3v) is 7.47. The van der Waals surface area contributed by atoms with Crippen molar-refractivity contribution in [3.63, 3.8) is 0 Å².